The predicted octanol–water partition coefficient (Wildman–Crippen LogP) is 2.13. The molecule has 9 heteroatoms. The second-order valence-electron chi connectivity index (χ2n) is 5.24. The van der Waals surface area contributed by atoms with Crippen LogP contribution in [0.1, 0.15) is 5.56 Å². The third kappa shape index (κ3) is 3.46. The molecular weight excluding hydrogens is 312 g/mol. The molecular formula is C15H14N6O3. The zero-order valence-corrected chi connectivity index (χ0v) is 12.8. The van der Waals surface area contributed by atoms with Gasteiger partial charge in [-0.15, -0.1) is 0 Å². The van der Waals surface area contributed by atoms with Gasteiger partial charge in [0.15, 0.2) is 5.82 Å². The van der Waals surface area contributed by atoms with E-state index in [-0.39, 0.29) is 18.1 Å². The summed E-state index contributed by atoms with van der Waals surface area (Å²) >= 11 is 0. The Morgan fingerprint density at radius 2 is 2.25 bits per heavy atom. The average molecular weight is 326 g/mol. The van der Waals surface area contributed by atoms with Crippen molar-refractivity contribution < 1.29 is 9.72 Å². The maximum absolute atomic E-state index is 12.0. The molecule has 0 saturated heterocycles. The molecule has 0 aliphatic rings. The number of hydrogen-bond donors (Lipinski definition) is 2. The Balaban J connectivity index is 1.70. The van der Waals surface area contributed by atoms with Crippen LogP contribution in [0, 0.1) is 17.0 Å². The maximum atomic E-state index is 12.0. The van der Waals surface area contributed by atoms with Crippen molar-refractivity contribution >= 4 is 17.4 Å². The van der Waals surface area contributed by atoms with Gasteiger partial charge >= 0.3 is 0 Å². The molecule has 3 rings (SSSR count). The third-order valence-corrected chi connectivity index (χ3v) is 3.28. The van der Waals surface area contributed by atoms with E-state index in [1.54, 1.807) is 30.6 Å². The van der Waals surface area contributed by atoms with Crippen LogP contribution in [0.25, 0.3) is 11.3 Å². The Labute approximate surface area is 136 Å². The van der Waals surface area contributed by atoms with Crippen LogP contribution in [-0.4, -0.2) is 30.8 Å². The van der Waals surface area contributed by atoms with E-state index in [0.29, 0.717) is 17.1 Å². The SMILES string of the molecule is Cc1cnn(CC(=O)Nc2cc(-c3cccc([N+](=O)[O-])c3)[nH]n2)c1. The highest BCUT2D eigenvalue weighted by Crippen LogP contribution is 2.23. The number of carbonyl (C=O) groups excluding carboxylic acids is 1. The van der Waals surface area contributed by atoms with E-state index >= 15 is 0 Å². The summed E-state index contributed by atoms with van der Waals surface area (Å²) in [5, 5.41) is 24.3. The Morgan fingerprint density at radius 1 is 1.42 bits per heavy atom. The molecule has 0 radical (unpaired) electrons. The number of non-ortho nitro benzene ring substituents is 1. The van der Waals surface area contributed by atoms with E-state index in [9.17, 15) is 14.9 Å². The number of nitro groups is 1. The van der Waals surface area contributed by atoms with Crippen LogP contribution in [0.5, 0.6) is 0 Å². The minimum absolute atomic E-state index is 0.0123. The van der Waals surface area contributed by atoms with Gasteiger partial charge < -0.3 is 5.32 Å². The highest BCUT2D eigenvalue weighted by atomic mass is 16.6. The number of nitrogens with one attached hydrogen (secondary N) is 2. The minimum atomic E-state index is -0.464. The van der Waals surface area contributed by atoms with Crippen LogP contribution >= 0.6 is 0 Å². The lowest BCUT2D eigenvalue weighted by molar-refractivity contribution is -0.384. The van der Waals surface area contributed by atoms with Crippen LogP contribution in [0.3, 0.4) is 0 Å². The van der Waals surface area contributed by atoms with E-state index in [0.717, 1.165) is 5.56 Å². The summed E-state index contributed by atoms with van der Waals surface area (Å²) in [5.74, 6) is 0.0700. The summed E-state index contributed by atoms with van der Waals surface area (Å²) in [6.07, 6.45) is 3.43. The fraction of sp³-hybridized carbons (Fsp3) is 0.133. The molecule has 2 aromatic heterocycles. The van der Waals surface area contributed by atoms with E-state index in [1.165, 1.54) is 16.8 Å². The molecule has 3 aromatic rings. The number of nitro benzene ring substituents is 1. The highest BCUT2D eigenvalue weighted by Gasteiger charge is 2.11. The molecule has 2 heterocycles. The molecule has 0 aliphatic carbocycles. The lowest BCUT2D eigenvalue weighted by Crippen LogP contribution is -2.19. The summed E-state index contributed by atoms with van der Waals surface area (Å²) in [7, 11) is 0. The number of carbonyl (C=O) groups is 1. The van der Waals surface area contributed by atoms with Gasteiger partial charge in [0.25, 0.3) is 5.69 Å². The van der Waals surface area contributed by atoms with Gasteiger partial charge in [-0.3, -0.25) is 24.7 Å². The van der Waals surface area contributed by atoms with Crippen molar-refractivity contribution in [3.05, 3.63) is 58.4 Å². The molecule has 1 aromatic carbocycles. The van der Waals surface area contributed by atoms with Crippen molar-refractivity contribution in [2.45, 2.75) is 13.5 Å². The van der Waals surface area contributed by atoms with Crippen molar-refractivity contribution in [3.63, 3.8) is 0 Å². The van der Waals surface area contributed by atoms with Crippen molar-refractivity contribution in [1.29, 1.82) is 0 Å². The summed E-state index contributed by atoms with van der Waals surface area (Å²) in [4.78, 5) is 22.3. The third-order valence-electron chi connectivity index (χ3n) is 3.28. The molecule has 0 bridgehead atoms. The Morgan fingerprint density at radius 3 is 2.96 bits per heavy atom. The zero-order chi connectivity index (χ0) is 17.1. The molecule has 122 valence electrons. The molecule has 0 aliphatic heterocycles. The smallest absolute Gasteiger partial charge is 0.270 e. The Bertz CT molecular complexity index is 898. The molecule has 0 saturated carbocycles. The number of anilines is 1. The highest BCUT2D eigenvalue weighted by molar-refractivity contribution is 5.90. The molecule has 0 unspecified atom stereocenters. The molecule has 0 spiro atoms. The van der Waals surface area contributed by atoms with Crippen molar-refractivity contribution in [1.82, 2.24) is 20.0 Å². The number of benzene rings is 1. The lowest BCUT2D eigenvalue weighted by Gasteiger charge is -2.01. The summed E-state index contributed by atoms with van der Waals surface area (Å²) in [6.45, 7) is 1.97. The fourth-order valence-corrected chi connectivity index (χ4v) is 2.20. The number of aromatic nitrogens is 4. The lowest BCUT2D eigenvalue weighted by atomic mass is 10.1. The summed E-state index contributed by atoms with van der Waals surface area (Å²) in [5.41, 5.74) is 2.14. The van der Waals surface area contributed by atoms with E-state index in [1.807, 2.05) is 6.92 Å². The monoisotopic (exact) mass is 326 g/mol. The fourth-order valence-electron chi connectivity index (χ4n) is 2.20. The number of amides is 1. The molecule has 2 N–H and O–H groups in total. The van der Waals surface area contributed by atoms with Gasteiger partial charge in [0.2, 0.25) is 5.91 Å². The number of aromatic amines is 1. The van der Waals surface area contributed by atoms with Crippen molar-refractivity contribution in [2.75, 3.05) is 5.32 Å². The van der Waals surface area contributed by atoms with Crippen molar-refractivity contribution in [2.24, 2.45) is 0 Å². The van der Waals surface area contributed by atoms with Crippen LogP contribution in [-0.2, 0) is 11.3 Å². The van der Waals surface area contributed by atoms with Gasteiger partial charge in [0.05, 0.1) is 16.8 Å². The van der Waals surface area contributed by atoms with Crippen LogP contribution in [0.4, 0.5) is 11.5 Å². The zero-order valence-electron chi connectivity index (χ0n) is 12.8. The van der Waals surface area contributed by atoms with Gasteiger partial charge in [0, 0.05) is 30.0 Å². The van der Waals surface area contributed by atoms with E-state index in [2.05, 4.69) is 20.6 Å². The number of H-pyrrole nitrogens is 1. The quantitative estimate of drug-likeness (QED) is 0.550. The number of rotatable bonds is 5. The van der Waals surface area contributed by atoms with Gasteiger partial charge in [-0.1, -0.05) is 12.1 Å². The largest absolute Gasteiger partial charge is 0.308 e. The van der Waals surface area contributed by atoms with Gasteiger partial charge in [-0.05, 0) is 12.5 Å². The van der Waals surface area contributed by atoms with Gasteiger partial charge in [-0.25, -0.2) is 0 Å². The van der Waals surface area contributed by atoms with Crippen LogP contribution in [0.15, 0.2) is 42.7 Å². The second kappa shape index (κ2) is 6.32. The first-order valence-electron chi connectivity index (χ1n) is 7.10. The van der Waals surface area contributed by atoms with Crippen LogP contribution < -0.4 is 5.32 Å². The number of nitrogens with zero attached hydrogens (tertiary/aromatic N) is 4. The van der Waals surface area contributed by atoms with E-state index < -0.39 is 4.92 Å². The molecule has 24 heavy (non-hydrogen) atoms. The molecule has 0 fully saturated rings. The standard InChI is InChI=1S/C15H14N6O3/c1-10-7-16-20(8-10)9-15(22)17-14-6-13(18-19-14)11-3-2-4-12(5-11)21(23)24/h2-8H,9H2,1H3,(H2,17,18,19,22). The van der Waals surface area contributed by atoms with Crippen LogP contribution in [0.2, 0.25) is 0 Å². The molecule has 9 nitrogen and oxygen atoms in total. The normalized spacial score (nSPS) is 10.5. The minimum Gasteiger partial charge on any atom is -0.308 e. The second-order valence-corrected chi connectivity index (χ2v) is 5.24. The predicted molar refractivity (Wildman–Crippen MR) is 86.3 cm³/mol. The average Bonchev–Trinajstić information content (AvgIpc) is 3.16. The van der Waals surface area contributed by atoms with E-state index in [4.69, 9.17) is 0 Å². The molecule has 0 atom stereocenters. The number of aryl methyl sites for hydroxylation is 1. The van der Waals surface area contributed by atoms with Gasteiger partial charge in [-0.2, -0.15) is 10.2 Å². The first-order valence-corrected chi connectivity index (χ1v) is 7.10. The van der Waals surface area contributed by atoms with Gasteiger partial charge in [0.1, 0.15) is 6.54 Å². The first kappa shape index (κ1) is 15.4. The topological polar surface area (TPSA) is 119 Å². The Hall–Kier alpha value is -3.49. The first-order chi connectivity index (χ1) is 11.5. The summed E-state index contributed by atoms with van der Waals surface area (Å²) in [6, 6.07) is 7.77. The van der Waals surface area contributed by atoms with Crippen molar-refractivity contribution in [3.8, 4) is 11.3 Å². The molecule has 1 amide bonds. The summed E-state index contributed by atoms with van der Waals surface area (Å²) < 4.78 is 1.53. The maximum Gasteiger partial charge on any atom is 0.270 e. The Kier molecular flexibility index (Phi) is 4.06. The number of hydrogen-bond acceptors (Lipinski definition) is 5.